The lowest BCUT2D eigenvalue weighted by atomic mass is 10.2. The molecule has 1 aromatic heterocycles. The lowest BCUT2D eigenvalue weighted by molar-refractivity contribution is 0.230. The van der Waals surface area contributed by atoms with Gasteiger partial charge in [-0.1, -0.05) is 30.3 Å². The minimum absolute atomic E-state index is 0.592. The van der Waals surface area contributed by atoms with E-state index in [1.54, 1.807) is 6.20 Å². The highest BCUT2D eigenvalue weighted by Gasteiger charge is 2.43. The molecule has 21 heavy (non-hydrogen) atoms. The molecule has 4 heteroatoms. The first-order chi connectivity index (χ1) is 10.3. The van der Waals surface area contributed by atoms with Crippen LogP contribution in [0.25, 0.3) is 0 Å². The van der Waals surface area contributed by atoms with E-state index in [0.29, 0.717) is 12.1 Å². The molecule has 2 atom stereocenters. The smallest absolute Gasteiger partial charge is 0.128 e. The summed E-state index contributed by atoms with van der Waals surface area (Å²) in [6.07, 6.45) is 3.00. The van der Waals surface area contributed by atoms with Crippen LogP contribution in [-0.2, 0) is 6.54 Å². The molecule has 4 nitrogen and oxygen atoms in total. The molecule has 2 N–H and O–H groups in total. The molecule has 4 rings (SSSR count). The molecular weight excluding hydrogens is 260 g/mol. The van der Waals surface area contributed by atoms with Crippen molar-refractivity contribution in [1.29, 1.82) is 0 Å². The first kappa shape index (κ1) is 12.7. The number of benzene rings is 1. The summed E-state index contributed by atoms with van der Waals surface area (Å²) in [5.74, 6) is 1.07. The van der Waals surface area contributed by atoms with Gasteiger partial charge in [0.15, 0.2) is 0 Å². The van der Waals surface area contributed by atoms with Gasteiger partial charge in [-0.25, -0.2) is 4.98 Å². The lowest BCUT2D eigenvalue weighted by Crippen LogP contribution is -2.46. The van der Waals surface area contributed by atoms with Gasteiger partial charge in [-0.2, -0.15) is 0 Å². The highest BCUT2D eigenvalue weighted by atomic mass is 15.4. The topological polar surface area (TPSA) is 45.4 Å². The van der Waals surface area contributed by atoms with Crippen molar-refractivity contribution in [3.05, 3.63) is 54.2 Å². The minimum atomic E-state index is 0.592. The van der Waals surface area contributed by atoms with Crippen molar-refractivity contribution in [2.75, 3.05) is 23.7 Å². The first-order valence-electron chi connectivity index (χ1n) is 7.56. The number of likely N-dealkylation sites (tertiary alicyclic amines) is 1. The molecule has 108 valence electrons. The minimum Gasteiger partial charge on any atom is -0.397 e. The molecule has 0 aliphatic carbocycles. The number of hydrogen-bond acceptors (Lipinski definition) is 4. The Morgan fingerprint density at radius 1 is 1.05 bits per heavy atom. The van der Waals surface area contributed by atoms with Crippen molar-refractivity contribution in [1.82, 2.24) is 9.88 Å². The Labute approximate surface area is 125 Å². The Bertz CT molecular complexity index is 610. The quantitative estimate of drug-likeness (QED) is 0.935. The maximum Gasteiger partial charge on any atom is 0.128 e. The zero-order valence-corrected chi connectivity index (χ0v) is 12.0. The highest BCUT2D eigenvalue weighted by molar-refractivity contribution is 5.48. The lowest BCUT2D eigenvalue weighted by Gasteiger charge is -2.35. The zero-order valence-electron chi connectivity index (χ0n) is 12.0. The number of pyridine rings is 1. The van der Waals surface area contributed by atoms with Gasteiger partial charge in [-0.15, -0.1) is 0 Å². The summed E-state index contributed by atoms with van der Waals surface area (Å²) in [6, 6.07) is 16.0. The normalized spacial score (nSPS) is 24.7. The van der Waals surface area contributed by atoms with Gasteiger partial charge in [0.1, 0.15) is 5.82 Å². The molecule has 3 heterocycles. The van der Waals surface area contributed by atoms with E-state index in [2.05, 4.69) is 45.1 Å². The van der Waals surface area contributed by atoms with Crippen molar-refractivity contribution < 1.29 is 0 Å². The van der Waals surface area contributed by atoms with Crippen LogP contribution in [-0.4, -0.2) is 35.1 Å². The molecule has 2 bridgehead atoms. The SMILES string of the molecule is Nc1ccc(N2CC3CC2CN3Cc2ccccc2)nc1. The van der Waals surface area contributed by atoms with Crippen molar-refractivity contribution >= 4 is 11.5 Å². The summed E-state index contributed by atoms with van der Waals surface area (Å²) in [5.41, 5.74) is 7.86. The average Bonchev–Trinajstić information content (AvgIpc) is 3.09. The fourth-order valence-electron chi connectivity index (χ4n) is 3.61. The second kappa shape index (κ2) is 5.04. The first-order valence-corrected chi connectivity index (χ1v) is 7.56. The van der Waals surface area contributed by atoms with E-state index >= 15 is 0 Å². The van der Waals surface area contributed by atoms with Crippen LogP contribution in [0.15, 0.2) is 48.7 Å². The number of fused-ring (bicyclic) bond motifs is 2. The van der Waals surface area contributed by atoms with Crippen LogP contribution in [0.1, 0.15) is 12.0 Å². The summed E-state index contributed by atoms with van der Waals surface area (Å²) < 4.78 is 0. The zero-order chi connectivity index (χ0) is 14.2. The van der Waals surface area contributed by atoms with Crippen molar-refractivity contribution in [3.63, 3.8) is 0 Å². The molecule has 2 saturated heterocycles. The molecular formula is C17H20N4. The largest absolute Gasteiger partial charge is 0.397 e. The van der Waals surface area contributed by atoms with Crippen molar-refractivity contribution in [2.45, 2.75) is 25.0 Å². The number of aromatic nitrogens is 1. The second-order valence-electron chi connectivity index (χ2n) is 6.06. The molecule has 2 aromatic rings. The number of nitrogen functional groups attached to an aromatic ring is 1. The molecule has 0 radical (unpaired) electrons. The van der Waals surface area contributed by atoms with Crippen LogP contribution < -0.4 is 10.6 Å². The van der Waals surface area contributed by atoms with Crippen LogP contribution in [0.3, 0.4) is 0 Å². The van der Waals surface area contributed by atoms with Gasteiger partial charge in [0, 0.05) is 31.7 Å². The number of anilines is 2. The number of rotatable bonds is 3. The van der Waals surface area contributed by atoms with Gasteiger partial charge in [0.05, 0.1) is 11.9 Å². The van der Waals surface area contributed by atoms with Crippen molar-refractivity contribution in [3.8, 4) is 0 Å². The highest BCUT2D eigenvalue weighted by Crippen LogP contribution is 2.34. The number of nitrogens with two attached hydrogens (primary N) is 1. The standard InChI is InChI=1S/C17H20N4/c18-14-6-7-17(19-9-14)21-12-15-8-16(21)11-20(15)10-13-4-2-1-3-5-13/h1-7,9,15-16H,8,10-12,18H2. The van der Waals surface area contributed by atoms with Crippen LogP contribution in [0, 0.1) is 0 Å². The Balaban J connectivity index is 1.45. The molecule has 1 aromatic carbocycles. The maximum atomic E-state index is 5.72. The third kappa shape index (κ3) is 2.36. The van der Waals surface area contributed by atoms with Gasteiger partial charge >= 0.3 is 0 Å². The van der Waals surface area contributed by atoms with Crippen molar-refractivity contribution in [2.24, 2.45) is 0 Å². The summed E-state index contributed by atoms with van der Waals surface area (Å²) in [6.45, 7) is 3.27. The second-order valence-corrected chi connectivity index (χ2v) is 6.06. The van der Waals surface area contributed by atoms with E-state index < -0.39 is 0 Å². The monoisotopic (exact) mass is 280 g/mol. The third-order valence-corrected chi connectivity index (χ3v) is 4.65. The number of hydrogen-bond donors (Lipinski definition) is 1. The Morgan fingerprint density at radius 3 is 2.57 bits per heavy atom. The Morgan fingerprint density at radius 2 is 1.90 bits per heavy atom. The van der Waals surface area contributed by atoms with Gasteiger partial charge in [-0.05, 0) is 24.1 Å². The summed E-state index contributed by atoms with van der Waals surface area (Å²) in [4.78, 5) is 9.51. The molecule has 0 amide bonds. The maximum absolute atomic E-state index is 5.72. The van der Waals surface area contributed by atoms with E-state index in [-0.39, 0.29) is 0 Å². The van der Waals surface area contributed by atoms with Gasteiger partial charge < -0.3 is 10.6 Å². The Hall–Kier alpha value is -2.07. The van der Waals surface area contributed by atoms with E-state index in [1.165, 1.54) is 12.0 Å². The number of nitrogens with zero attached hydrogens (tertiary/aromatic N) is 3. The van der Waals surface area contributed by atoms with E-state index in [1.807, 2.05) is 12.1 Å². The predicted molar refractivity (Wildman–Crippen MR) is 85.0 cm³/mol. The predicted octanol–water partition coefficient (Wildman–Crippen LogP) is 2.13. The van der Waals surface area contributed by atoms with Crippen LogP contribution in [0.5, 0.6) is 0 Å². The van der Waals surface area contributed by atoms with Crippen LogP contribution in [0.4, 0.5) is 11.5 Å². The van der Waals surface area contributed by atoms with Crippen LogP contribution in [0.2, 0.25) is 0 Å². The average molecular weight is 280 g/mol. The Kier molecular flexibility index (Phi) is 3.04. The van der Waals surface area contributed by atoms with Crippen LogP contribution >= 0.6 is 0 Å². The summed E-state index contributed by atoms with van der Waals surface area (Å²) in [7, 11) is 0. The van der Waals surface area contributed by atoms with E-state index in [4.69, 9.17) is 5.73 Å². The third-order valence-electron chi connectivity index (χ3n) is 4.65. The fourth-order valence-corrected chi connectivity index (χ4v) is 3.61. The molecule has 2 unspecified atom stereocenters. The van der Waals surface area contributed by atoms with Gasteiger partial charge in [-0.3, -0.25) is 4.90 Å². The van der Waals surface area contributed by atoms with Gasteiger partial charge in [0.2, 0.25) is 0 Å². The fraction of sp³-hybridized carbons (Fsp3) is 0.353. The molecule has 0 spiro atoms. The molecule has 2 aliphatic heterocycles. The van der Waals surface area contributed by atoms with E-state index in [0.717, 1.165) is 31.1 Å². The molecule has 2 aliphatic rings. The molecule has 0 saturated carbocycles. The number of piperazine rings is 1. The summed E-state index contributed by atoms with van der Waals surface area (Å²) >= 11 is 0. The van der Waals surface area contributed by atoms with E-state index in [9.17, 15) is 0 Å². The van der Waals surface area contributed by atoms with Gasteiger partial charge in [0.25, 0.3) is 0 Å². The molecule has 2 fully saturated rings. The summed E-state index contributed by atoms with van der Waals surface area (Å²) in [5, 5.41) is 0.